The second-order valence-electron chi connectivity index (χ2n) is 15.9. The summed E-state index contributed by atoms with van der Waals surface area (Å²) in [5.41, 5.74) is 7.10. The lowest BCUT2D eigenvalue weighted by atomic mass is 9.91. The van der Waals surface area contributed by atoms with E-state index in [1.165, 1.54) is 0 Å². The van der Waals surface area contributed by atoms with Gasteiger partial charge >= 0.3 is 0 Å². The van der Waals surface area contributed by atoms with Crippen LogP contribution in [-0.2, 0) is 16.0 Å². The Balaban J connectivity index is 0.000000177. The molecule has 6 aromatic rings. The molecule has 58 heavy (non-hydrogen) atoms. The van der Waals surface area contributed by atoms with E-state index >= 15 is 0 Å². The summed E-state index contributed by atoms with van der Waals surface area (Å²) in [4.78, 5) is 64.8. The molecule has 0 radical (unpaired) electrons. The van der Waals surface area contributed by atoms with Crippen LogP contribution in [0.2, 0.25) is 10.0 Å². The lowest BCUT2D eigenvalue weighted by Crippen LogP contribution is -2.38. The zero-order valence-electron chi connectivity index (χ0n) is 33.9. The van der Waals surface area contributed by atoms with Crippen LogP contribution in [0.5, 0.6) is 0 Å². The number of nitrogens with zero attached hydrogens (tertiary/aromatic N) is 6. The van der Waals surface area contributed by atoms with E-state index in [9.17, 15) is 19.2 Å². The van der Waals surface area contributed by atoms with Crippen LogP contribution in [0.4, 0.5) is 11.4 Å². The summed E-state index contributed by atoms with van der Waals surface area (Å²) < 4.78 is 3.32. The Labute approximate surface area is 347 Å². The number of aromatic nitrogens is 4. The Morgan fingerprint density at radius 2 is 1.14 bits per heavy atom. The molecule has 0 spiro atoms. The quantitative estimate of drug-likeness (QED) is 0.175. The number of carbonyl (C=O) groups excluding carboxylic acids is 2. The molecule has 0 aliphatic carbocycles. The zero-order chi connectivity index (χ0) is 41.7. The topological polar surface area (TPSA) is 110 Å². The van der Waals surface area contributed by atoms with Gasteiger partial charge in [0.25, 0.3) is 11.1 Å². The number of anilines is 2. The number of carbonyl (C=O) groups is 2. The SMILES string of the molecule is CC(=O)N1CC(C)=Cc2c1ccc1c(=O)n(-c3ccc(Cl)cc3)c(C(C)C)nc21.CC(=O)N1CC(C)Cc2c1ccc1c(=O)n(-c3ccc(Cl)cc3)c(C(C)C)nc21. The largest absolute Gasteiger partial charge is 0.312 e. The van der Waals surface area contributed by atoms with Crippen molar-refractivity contribution < 1.29 is 9.59 Å². The molecular formula is C46H46Cl2N6O4. The molecule has 12 heteroatoms. The number of hydrogen-bond acceptors (Lipinski definition) is 6. The molecule has 0 bridgehead atoms. The van der Waals surface area contributed by atoms with Gasteiger partial charge in [-0.15, -0.1) is 0 Å². The highest BCUT2D eigenvalue weighted by molar-refractivity contribution is 6.30. The number of benzene rings is 4. The fraction of sp³-hybridized carbons (Fsp3) is 0.304. The molecule has 2 aromatic heterocycles. The van der Waals surface area contributed by atoms with E-state index in [1.54, 1.807) is 69.2 Å². The first-order chi connectivity index (χ1) is 27.5. The third-order valence-corrected chi connectivity index (χ3v) is 11.1. The van der Waals surface area contributed by atoms with E-state index < -0.39 is 0 Å². The van der Waals surface area contributed by atoms with Gasteiger partial charge in [-0.1, -0.05) is 63.4 Å². The number of amides is 2. The highest BCUT2D eigenvalue weighted by Crippen LogP contribution is 2.36. The molecule has 10 nitrogen and oxygen atoms in total. The molecule has 1 unspecified atom stereocenters. The minimum atomic E-state index is -0.130. The smallest absolute Gasteiger partial charge is 0.266 e. The summed E-state index contributed by atoms with van der Waals surface area (Å²) in [6.07, 6.45) is 2.83. The average molecular weight is 818 g/mol. The van der Waals surface area contributed by atoms with Gasteiger partial charge in [-0.3, -0.25) is 28.3 Å². The van der Waals surface area contributed by atoms with Gasteiger partial charge in [-0.2, -0.15) is 0 Å². The van der Waals surface area contributed by atoms with Crippen molar-refractivity contribution in [2.24, 2.45) is 5.92 Å². The molecule has 2 aliphatic rings. The summed E-state index contributed by atoms with van der Waals surface area (Å²) in [6.45, 7) is 16.6. The molecular weight excluding hydrogens is 771 g/mol. The average Bonchev–Trinajstić information content (AvgIpc) is 3.18. The van der Waals surface area contributed by atoms with Crippen molar-refractivity contribution in [3.05, 3.63) is 132 Å². The van der Waals surface area contributed by atoms with Crippen molar-refractivity contribution in [3.8, 4) is 11.4 Å². The van der Waals surface area contributed by atoms with Gasteiger partial charge in [0.2, 0.25) is 11.8 Å². The first-order valence-corrected chi connectivity index (χ1v) is 20.2. The van der Waals surface area contributed by atoms with Gasteiger partial charge in [0, 0.05) is 65.6 Å². The van der Waals surface area contributed by atoms with E-state index in [4.69, 9.17) is 33.2 Å². The molecule has 0 N–H and O–H groups in total. The van der Waals surface area contributed by atoms with Crippen LogP contribution >= 0.6 is 23.2 Å². The van der Waals surface area contributed by atoms with Crippen LogP contribution in [-0.4, -0.2) is 44.0 Å². The molecule has 0 fully saturated rings. The maximum Gasteiger partial charge on any atom is 0.266 e. The third-order valence-electron chi connectivity index (χ3n) is 10.6. The van der Waals surface area contributed by atoms with Crippen molar-refractivity contribution >= 4 is 74.3 Å². The molecule has 2 amide bonds. The van der Waals surface area contributed by atoms with Crippen molar-refractivity contribution in [1.29, 1.82) is 0 Å². The highest BCUT2D eigenvalue weighted by atomic mass is 35.5. The first-order valence-electron chi connectivity index (χ1n) is 19.5. The predicted molar refractivity (Wildman–Crippen MR) is 235 cm³/mol. The van der Waals surface area contributed by atoms with E-state index in [1.807, 2.05) is 77.1 Å². The Bertz CT molecular complexity index is 2770. The number of halogens is 2. The van der Waals surface area contributed by atoms with Gasteiger partial charge < -0.3 is 9.80 Å². The Morgan fingerprint density at radius 3 is 1.62 bits per heavy atom. The van der Waals surface area contributed by atoms with E-state index in [0.29, 0.717) is 62.5 Å². The van der Waals surface area contributed by atoms with Crippen LogP contribution in [0, 0.1) is 5.92 Å². The van der Waals surface area contributed by atoms with Crippen LogP contribution in [0.25, 0.3) is 39.3 Å². The second kappa shape index (κ2) is 16.0. The summed E-state index contributed by atoms with van der Waals surface area (Å²) in [5.74, 6) is 1.72. The van der Waals surface area contributed by atoms with Gasteiger partial charge in [-0.25, -0.2) is 9.97 Å². The van der Waals surface area contributed by atoms with Crippen LogP contribution in [0.1, 0.15) is 90.0 Å². The van der Waals surface area contributed by atoms with Crippen molar-refractivity contribution in [1.82, 2.24) is 19.1 Å². The van der Waals surface area contributed by atoms with Gasteiger partial charge in [0.05, 0.1) is 38.9 Å². The van der Waals surface area contributed by atoms with Crippen molar-refractivity contribution in [2.45, 2.75) is 73.6 Å². The van der Waals surface area contributed by atoms with E-state index in [2.05, 4.69) is 6.92 Å². The van der Waals surface area contributed by atoms with Gasteiger partial charge in [0.1, 0.15) is 11.6 Å². The monoisotopic (exact) mass is 816 g/mol. The normalized spacial score (nSPS) is 15.0. The predicted octanol–water partition coefficient (Wildman–Crippen LogP) is 9.64. The molecule has 8 rings (SSSR count). The standard InChI is InChI=1S/C23H24ClN3O2.C23H22ClN3O2/c2*1-13(2)22-25-21-18(23(29)27(22)17-7-5-16(24)6-8-17)9-10-20-19(21)11-14(3)12-26(20)15(4)28/h5-10,13-14H,11-12H2,1-4H3;5-11,13H,12H2,1-4H3. The molecule has 1 atom stereocenters. The Kier molecular flexibility index (Phi) is 11.2. The molecule has 2 aliphatic heterocycles. The Hall–Kier alpha value is -5.58. The molecule has 0 saturated carbocycles. The van der Waals surface area contributed by atoms with Crippen LogP contribution in [0.3, 0.4) is 0 Å². The minimum Gasteiger partial charge on any atom is -0.312 e. The summed E-state index contributed by atoms with van der Waals surface area (Å²) >= 11 is 12.1. The van der Waals surface area contributed by atoms with Gasteiger partial charge in [0.15, 0.2) is 0 Å². The van der Waals surface area contributed by atoms with Gasteiger partial charge in [-0.05, 0) is 98.1 Å². The molecule has 0 saturated heterocycles. The number of fused-ring (bicyclic) bond motifs is 6. The fourth-order valence-electron chi connectivity index (χ4n) is 7.91. The summed E-state index contributed by atoms with van der Waals surface area (Å²) in [6, 6.07) is 21.7. The second-order valence-corrected chi connectivity index (χ2v) is 16.7. The maximum absolute atomic E-state index is 13.5. The van der Waals surface area contributed by atoms with Crippen molar-refractivity contribution in [3.63, 3.8) is 0 Å². The molecule has 4 heterocycles. The lowest BCUT2D eigenvalue weighted by Gasteiger charge is -2.33. The minimum absolute atomic E-state index is 0.00994. The Morgan fingerprint density at radius 1 is 0.672 bits per heavy atom. The zero-order valence-corrected chi connectivity index (χ0v) is 35.4. The summed E-state index contributed by atoms with van der Waals surface area (Å²) in [7, 11) is 0. The lowest BCUT2D eigenvalue weighted by molar-refractivity contribution is -0.117. The maximum atomic E-state index is 13.5. The van der Waals surface area contributed by atoms with Crippen molar-refractivity contribution in [2.75, 3.05) is 22.9 Å². The summed E-state index contributed by atoms with van der Waals surface area (Å²) in [5, 5.41) is 2.33. The van der Waals surface area contributed by atoms with E-state index in [-0.39, 0.29) is 34.8 Å². The highest BCUT2D eigenvalue weighted by Gasteiger charge is 2.29. The number of rotatable bonds is 4. The van der Waals surface area contributed by atoms with E-state index in [0.717, 1.165) is 45.9 Å². The first kappa shape index (κ1) is 40.6. The molecule has 298 valence electrons. The number of hydrogen-bond donors (Lipinski definition) is 0. The van der Waals surface area contributed by atoms with Crippen LogP contribution in [0.15, 0.2) is 88.0 Å². The fourth-order valence-corrected chi connectivity index (χ4v) is 8.16. The van der Waals surface area contributed by atoms with Crippen LogP contribution < -0.4 is 20.9 Å². The third kappa shape index (κ3) is 7.47. The molecule has 4 aromatic carbocycles.